The highest BCUT2D eigenvalue weighted by Crippen LogP contribution is 2.22. The van der Waals surface area contributed by atoms with E-state index in [0.29, 0.717) is 5.56 Å². The van der Waals surface area contributed by atoms with Crippen LogP contribution in [-0.2, 0) is 6.54 Å². The average molecular weight is 215 g/mol. The summed E-state index contributed by atoms with van der Waals surface area (Å²) >= 11 is 0. The molecule has 3 nitrogen and oxygen atoms in total. The Morgan fingerprint density at radius 3 is 2.50 bits per heavy atom. The van der Waals surface area contributed by atoms with Crippen LogP contribution in [0.25, 0.3) is 10.8 Å². The van der Waals surface area contributed by atoms with Gasteiger partial charge >= 0.3 is 5.97 Å². The first-order valence-corrected chi connectivity index (χ1v) is 5.12. The number of aromatic carboxylic acids is 1. The van der Waals surface area contributed by atoms with Crippen LogP contribution < -0.4 is 5.32 Å². The van der Waals surface area contributed by atoms with Gasteiger partial charge < -0.3 is 10.4 Å². The van der Waals surface area contributed by atoms with Crippen molar-refractivity contribution in [1.29, 1.82) is 0 Å². The van der Waals surface area contributed by atoms with Crippen molar-refractivity contribution < 1.29 is 9.90 Å². The van der Waals surface area contributed by atoms with Crippen molar-refractivity contribution in [1.82, 2.24) is 5.32 Å². The highest BCUT2D eigenvalue weighted by atomic mass is 16.4. The van der Waals surface area contributed by atoms with Gasteiger partial charge in [-0.1, -0.05) is 30.3 Å². The predicted molar refractivity (Wildman–Crippen MR) is 63.7 cm³/mol. The Kier molecular flexibility index (Phi) is 2.88. The number of hydrogen-bond donors (Lipinski definition) is 2. The van der Waals surface area contributed by atoms with Gasteiger partial charge in [-0.3, -0.25) is 0 Å². The summed E-state index contributed by atoms with van der Waals surface area (Å²) < 4.78 is 0. The molecule has 2 rings (SSSR count). The summed E-state index contributed by atoms with van der Waals surface area (Å²) in [6, 6.07) is 11.1. The molecule has 0 aliphatic rings. The molecule has 3 heteroatoms. The van der Waals surface area contributed by atoms with E-state index in [1.54, 1.807) is 6.07 Å². The molecule has 0 heterocycles. The lowest BCUT2D eigenvalue weighted by Gasteiger charge is -2.08. The van der Waals surface area contributed by atoms with Gasteiger partial charge in [-0.15, -0.1) is 0 Å². The van der Waals surface area contributed by atoms with Crippen LogP contribution in [0.1, 0.15) is 15.9 Å². The number of nitrogens with one attached hydrogen (secondary N) is 1. The monoisotopic (exact) mass is 215 g/mol. The lowest BCUT2D eigenvalue weighted by molar-refractivity contribution is 0.0699. The molecular weight excluding hydrogens is 202 g/mol. The van der Waals surface area contributed by atoms with Crippen molar-refractivity contribution in [3.63, 3.8) is 0 Å². The van der Waals surface area contributed by atoms with Crippen molar-refractivity contribution in [3.8, 4) is 0 Å². The van der Waals surface area contributed by atoms with Gasteiger partial charge in [-0.2, -0.15) is 0 Å². The van der Waals surface area contributed by atoms with E-state index in [4.69, 9.17) is 5.11 Å². The second kappa shape index (κ2) is 4.33. The molecule has 82 valence electrons. The van der Waals surface area contributed by atoms with Gasteiger partial charge in [0.2, 0.25) is 0 Å². The first-order valence-electron chi connectivity index (χ1n) is 5.12. The maximum absolute atomic E-state index is 11.1. The molecule has 0 amide bonds. The second-order valence-corrected chi connectivity index (χ2v) is 3.65. The van der Waals surface area contributed by atoms with Crippen molar-refractivity contribution in [2.75, 3.05) is 7.05 Å². The minimum atomic E-state index is -0.882. The van der Waals surface area contributed by atoms with Crippen LogP contribution in [0.4, 0.5) is 0 Å². The molecule has 0 fully saturated rings. The van der Waals surface area contributed by atoms with E-state index in [9.17, 15) is 4.79 Å². The number of carboxylic acids is 1. The summed E-state index contributed by atoms with van der Waals surface area (Å²) in [6.45, 7) is 0.737. The zero-order chi connectivity index (χ0) is 11.5. The number of fused-ring (bicyclic) bond motifs is 1. The third kappa shape index (κ3) is 1.77. The van der Waals surface area contributed by atoms with Crippen molar-refractivity contribution >= 4 is 16.7 Å². The summed E-state index contributed by atoms with van der Waals surface area (Å²) in [6.07, 6.45) is 0. The number of carboxylic acid groups (broad SMARTS) is 1. The maximum atomic E-state index is 11.1. The van der Waals surface area contributed by atoms with E-state index in [0.717, 1.165) is 22.9 Å². The Bertz CT molecular complexity index is 534. The minimum Gasteiger partial charge on any atom is -0.478 e. The molecule has 0 bridgehead atoms. The first kappa shape index (κ1) is 10.6. The summed E-state index contributed by atoms with van der Waals surface area (Å²) in [7, 11) is 1.87. The third-order valence-electron chi connectivity index (χ3n) is 2.61. The van der Waals surface area contributed by atoms with Crippen LogP contribution >= 0.6 is 0 Å². The molecule has 0 aliphatic heterocycles. The van der Waals surface area contributed by atoms with E-state index < -0.39 is 5.97 Å². The Labute approximate surface area is 93.7 Å². The van der Waals surface area contributed by atoms with Crippen LogP contribution in [0, 0.1) is 0 Å². The number of benzene rings is 2. The standard InChI is InChI=1S/C13H13NO2/c1-14-8-9-6-7-12(13(15)16)11-5-3-2-4-10(9)11/h2-7,14H,8H2,1H3,(H,15,16). The molecule has 2 aromatic carbocycles. The summed E-state index contributed by atoms with van der Waals surface area (Å²) in [5.41, 5.74) is 1.47. The summed E-state index contributed by atoms with van der Waals surface area (Å²) in [5.74, 6) is -0.882. The molecule has 2 aromatic rings. The molecule has 2 N–H and O–H groups in total. The highest BCUT2D eigenvalue weighted by molar-refractivity contribution is 6.04. The zero-order valence-corrected chi connectivity index (χ0v) is 9.03. The molecule has 0 aliphatic carbocycles. The van der Waals surface area contributed by atoms with Crippen LogP contribution in [0.5, 0.6) is 0 Å². The predicted octanol–water partition coefficient (Wildman–Crippen LogP) is 2.26. The molecule has 16 heavy (non-hydrogen) atoms. The van der Waals surface area contributed by atoms with Crippen molar-refractivity contribution in [2.24, 2.45) is 0 Å². The quantitative estimate of drug-likeness (QED) is 0.825. The van der Waals surface area contributed by atoms with Crippen LogP contribution in [-0.4, -0.2) is 18.1 Å². The van der Waals surface area contributed by atoms with Crippen molar-refractivity contribution in [2.45, 2.75) is 6.54 Å². The minimum absolute atomic E-state index is 0.357. The zero-order valence-electron chi connectivity index (χ0n) is 9.03. The normalized spacial score (nSPS) is 10.6. The molecule has 0 saturated heterocycles. The number of carbonyl (C=O) groups is 1. The van der Waals surface area contributed by atoms with Crippen LogP contribution in [0.2, 0.25) is 0 Å². The second-order valence-electron chi connectivity index (χ2n) is 3.65. The molecule has 0 spiro atoms. The fourth-order valence-corrected chi connectivity index (χ4v) is 1.89. The molecule has 0 aromatic heterocycles. The largest absolute Gasteiger partial charge is 0.478 e. The van der Waals surface area contributed by atoms with Crippen molar-refractivity contribution in [3.05, 3.63) is 47.5 Å². The van der Waals surface area contributed by atoms with Gasteiger partial charge in [0.25, 0.3) is 0 Å². The van der Waals surface area contributed by atoms with Gasteiger partial charge in [0.1, 0.15) is 0 Å². The Balaban J connectivity index is 2.71. The average Bonchev–Trinajstić information content (AvgIpc) is 2.29. The molecule has 0 unspecified atom stereocenters. The Hall–Kier alpha value is -1.87. The first-order chi connectivity index (χ1) is 7.74. The van der Waals surface area contributed by atoms with E-state index in [-0.39, 0.29) is 0 Å². The molecule has 0 radical (unpaired) electrons. The van der Waals surface area contributed by atoms with Gasteiger partial charge in [0.15, 0.2) is 0 Å². The molecule has 0 saturated carbocycles. The molecule has 0 atom stereocenters. The third-order valence-corrected chi connectivity index (χ3v) is 2.61. The lowest BCUT2D eigenvalue weighted by Crippen LogP contribution is -2.07. The van der Waals surface area contributed by atoms with Gasteiger partial charge in [-0.25, -0.2) is 4.79 Å². The fourth-order valence-electron chi connectivity index (χ4n) is 1.89. The SMILES string of the molecule is CNCc1ccc(C(=O)O)c2ccccc12. The van der Waals surface area contributed by atoms with Crippen LogP contribution in [0.3, 0.4) is 0 Å². The Morgan fingerprint density at radius 1 is 1.19 bits per heavy atom. The van der Waals surface area contributed by atoms with E-state index >= 15 is 0 Å². The van der Waals surface area contributed by atoms with Gasteiger partial charge in [-0.05, 0) is 29.4 Å². The maximum Gasteiger partial charge on any atom is 0.336 e. The van der Waals surface area contributed by atoms with E-state index in [2.05, 4.69) is 5.32 Å². The smallest absolute Gasteiger partial charge is 0.336 e. The van der Waals surface area contributed by atoms with E-state index in [1.165, 1.54) is 0 Å². The highest BCUT2D eigenvalue weighted by Gasteiger charge is 2.09. The summed E-state index contributed by atoms with van der Waals surface area (Å²) in [4.78, 5) is 11.1. The van der Waals surface area contributed by atoms with Crippen LogP contribution in [0.15, 0.2) is 36.4 Å². The topological polar surface area (TPSA) is 49.3 Å². The fraction of sp³-hybridized carbons (Fsp3) is 0.154. The molecular formula is C13H13NO2. The van der Waals surface area contributed by atoms with Gasteiger partial charge in [0, 0.05) is 6.54 Å². The summed E-state index contributed by atoms with van der Waals surface area (Å²) in [5, 5.41) is 14.0. The Morgan fingerprint density at radius 2 is 1.88 bits per heavy atom. The van der Waals surface area contributed by atoms with E-state index in [1.807, 2.05) is 37.4 Å². The van der Waals surface area contributed by atoms with Gasteiger partial charge in [0.05, 0.1) is 5.56 Å². The number of rotatable bonds is 3. The number of hydrogen-bond acceptors (Lipinski definition) is 2. The lowest BCUT2D eigenvalue weighted by atomic mass is 9.99.